The molecule has 3 aromatic rings. The summed E-state index contributed by atoms with van der Waals surface area (Å²) in [5.41, 5.74) is 9.04. The average Bonchev–Trinajstić information content (AvgIpc) is 3.44. The van der Waals surface area contributed by atoms with E-state index in [1.54, 1.807) is 25.5 Å². The summed E-state index contributed by atoms with van der Waals surface area (Å²) in [5, 5.41) is 2.82. The Labute approximate surface area is 179 Å². The predicted octanol–water partition coefficient (Wildman–Crippen LogP) is 3.68. The Hall–Kier alpha value is -3.55. The number of hydrogen-bond donors (Lipinski definition) is 3. The number of pyridine rings is 1. The fraction of sp³-hybridized carbons (Fsp3) is 0.304. The van der Waals surface area contributed by atoms with E-state index in [9.17, 15) is 9.18 Å². The highest BCUT2D eigenvalue weighted by atomic mass is 19.1. The zero-order valence-corrected chi connectivity index (χ0v) is 17.4. The molecule has 0 atom stereocenters. The first-order valence-corrected chi connectivity index (χ1v) is 10.4. The van der Waals surface area contributed by atoms with Crippen LogP contribution in [0.25, 0.3) is 16.6 Å². The number of hydrogen-bond acceptors (Lipinski definition) is 5. The summed E-state index contributed by atoms with van der Waals surface area (Å²) in [6.07, 6.45) is 9.14. The molecule has 0 unspecified atom stereocenters. The van der Waals surface area contributed by atoms with Crippen LogP contribution >= 0.6 is 0 Å². The highest BCUT2D eigenvalue weighted by Gasteiger charge is 2.22. The van der Waals surface area contributed by atoms with Crippen molar-refractivity contribution in [2.75, 3.05) is 7.05 Å². The molecular formula is C23H25FN6O. The summed E-state index contributed by atoms with van der Waals surface area (Å²) < 4.78 is 14.1. The largest absolute Gasteiger partial charge is 0.404 e. The van der Waals surface area contributed by atoms with Gasteiger partial charge in [0, 0.05) is 43.7 Å². The Morgan fingerprint density at radius 3 is 2.90 bits per heavy atom. The number of imidazole rings is 1. The molecule has 1 aliphatic rings. The quantitative estimate of drug-likeness (QED) is 0.529. The van der Waals surface area contributed by atoms with Gasteiger partial charge in [0.2, 0.25) is 0 Å². The van der Waals surface area contributed by atoms with Crippen molar-refractivity contribution in [2.45, 2.75) is 38.1 Å². The number of H-pyrrole nitrogens is 1. The van der Waals surface area contributed by atoms with Crippen molar-refractivity contribution in [1.29, 1.82) is 0 Å². The SMILES string of the molecule is CN=CC(=CN)c1cc(F)cc(CNC(=O)c2nccc3[nH]c(C4CCCC4)nc23)c1. The first-order chi connectivity index (χ1) is 15.1. The number of benzene rings is 1. The standard InChI is InChI=1S/C23H25FN6O/c1-26-13-17(11-25)16-8-14(9-18(24)10-16)12-28-23(31)21-20-19(6-7-27-21)29-22(30-20)15-4-2-3-5-15/h6-11,13,15H,2-5,12,25H2,1H3,(H,28,31)(H,29,30). The summed E-state index contributed by atoms with van der Waals surface area (Å²) >= 11 is 0. The van der Waals surface area contributed by atoms with Gasteiger partial charge in [-0.2, -0.15) is 0 Å². The maximum absolute atomic E-state index is 14.1. The lowest BCUT2D eigenvalue weighted by atomic mass is 10.0. The van der Waals surface area contributed by atoms with Crippen LogP contribution in [0.1, 0.15) is 59.0 Å². The van der Waals surface area contributed by atoms with E-state index in [1.807, 2.05) is 6.07 Å². The minimum absolute atomic E-state index is 0.142. The number of carbonyl (C=O) groups is 1. The Morgan fingerprint density at radius 1 is 1.35 bits per heavy atom. The van der Waals surface area contributed by atoms with Gasteiger partial charge < -0.3 is 16.0 Å². The van der Waals surface area contributed by atoms with Gasteiger partial charge in [0.15, 0.2) is 5.69 Å². The van der Waals surface area contributed by atoms with Crippen LogP contribution in [0.15, 0.2) is 41.7 Å². The van der Waals surface area contributed by atoms with Gasteiger partial charge >= 0.3 is 0 Å². The van der Waals surface area contributed by atoms with Crippen molar-refractivity contribution >= 4 is 28.7 Å². The normalized spacial score (nSPS) is 15.2. The third kappa shape index (κ3) is 4.47. The van der Waals surface area contributed by atoms with Crippen LogP contribution < -0.4 is 11.1 Å². The van der Waals surface area contributed by atoms with Crippen LogP contribution in [0.2, 0.25) is 0 Å². The molecule has 1 fully saturated rings. The first kappa shape index (κ1) is 20.7. The van der Waals surface area contributed by atoms with Gasteiger partial charge in [-0.3, -0.25) is 9.79 Å². The second-order valence-corrected chi connectivity index (χ2v) is 7.70. The van der Waals surface area contributed by atoms with Crippen LogP contribution in [0.5, 0.6) is 0 Å². The van der Waals surface area contributed by atoms with Crippen LogP contribution in [-0.4, -0.2) is 34.1 Å². The van der Waals surface area contributed by atoms with Crippen molar-refractivity contribution in [3.63, 3.8) is 0 Å². The van der Waals surface area contributed by atoms with Gasteiger partial charge in [-0.05, 0) is 48.2 Å². The molecule has 0 radical (unpaired) electrons. The fourth-order valence-corrected chi connectivity index (χ4v) is 4.05. The molecule has 0 spiro atoms. The Kier molecular flexibility index (Phi) is 6.06. The van der Waals surface area contributed by atoms with E-state index in [-0.39, 0.29) is 18.1 Å². The van der Waals surface area contributed by atoms with Gasteiger partial charge in [-0.1, -0.05) is 12.8 Å². The van der Waals surface area contributed by atoms with Gasteiger partial charge in [0.25, 0.3) is 5.91 Å². The number of aliphatic imine (C=N–C) groups is 1. The average molecular weight is 420 g/mol. The van der Waals surface area contributed by atoms with E-state index in [0.29, 0.717) is 28.1 Å². The molecule has 1 aliphatic carbocycles. The van der Waals surface area contributed by atoms with Crippen LogP contribution in [0, 0.1) is 5.82 Å². The van der Waals surface area contributed by atoms with Crippen LogP contribution in [0.4, 0.5) is 4.39 Å². The molecule has 2 heterocycles. The topological polar surface area (TPSA) is 109 Å². The summed E-state index contributed by atoms with van der Waals surface area (Å²) in [4.78, 5) is 29.1. The number of nitrogens with one attached hydrogen (secondary N) is 2. The van der Waals surface area contributed by atoms with E-state index >= 15 is 0 Å². The van der Waals surface area contributed by atoms with Gasteiger partial charge in [0.05, 0.1) is 5.52 Å². The molecule has 0 aliphatic heterocycles. The van der Waals surface area contributed by atoms with Crippen molar-refractivity contribution in [3.8, 4) is 0 Å². The van der Waals surface area contributed by atoms with Crippen molar-refractivity contribution in [2.24, 2.45) is 10.7 Å². The molecule has 4 rings (SSSR count). The molecule has 8 heteroatoms. The molecule has 0 saturated heterocycles. The number of rotatable bonds is 6. The number of nitrogens with zero attached hydrogens (tertiary/aromatic N) is 3. The highest BCUT2D eigenvalue weighted by molar-refractivity contribution is 6.09. The van der Waals surface area contributed by atoms with Crippen LogP contribution in [-0.2, 0) is 6.54 Å². The monoisotopic (exact) mass is 420 g/mol. The number of carbonyl (C=O) groups excluding carboxylic acids is 1. The summed E-state index contributed by atoms with van der Waals surface area (Å²) in [6.45, 7) is 0.142. The van der Waals surface area contributed by atoms with E-state index in [1.165, 1.54) is 31.2 Å². The Balaban J connectivity index is 1.54. The molecule has 1 aromatic carbocycles. The third-order valence-electron chi connectivity index (χ3n) is 5.57. The smallest absolute Gasteiger partial charge is 0.272 e. The number of fused-ring (bicyclic) bond motifs is 1. The minimum atomic E-state index is -0.417. The lowest BCUT2D eigenvalue weighted by Crippen LogP contribution is -2.24. The van der Waals surface area contributed by atoms with Crippen molar-refractivity contribution in [3.05, 3.63) is 65.1 Å². The lowest BCUT2D eigenvalue weighted by Gasteiger charge is -2.08. The molecular weight excluding hydrogens is 395 g/mol. The number of halogens is 1. The molecule has 31 heavy (non-hydrogen) atoms. The second-order valence-electron chi connectivity index (χ2n) is 7.70. The summed E-state index contributed by atoms with van der Waals surface area (Å²) in [7, 11) is 1.62. The van der Waals surface area contributed by atoms with Gasteiger partial charge in [-0.25, -0.2) is 14.4 Å². The molecule has 7 nitrogen and oxygen atoms in total. The number of aromatic amines is 1. The number of allylic oxidation sites excluding steroid dienone is 1. The molecule has 2 aromatic heterocycles. The number of aromatic nitrogens is 3. The Morgan fingerprint density at radius 2 is 2.16 bits per heavy atom. The zero-order chi connectivity index (χ0) is 21.8. The van der Waals surface area contributed by atoms with Gasteiger partial charge in [-0.15, -0.1) is 0 Å². The first-order valence-electron chi connectivity index (χ1n) is 10.4. The number of nitrogens with two attached hydrogens (primary N) is 1. The van der Waals surface area contributed by atoms with E-state index < -0.39 is 5.82 Å². The van der Waals surface area contributed by atoms with E-state index in [2.05, 4.69) is 25.3 Å². The molecule has 160 valence electrons. The molecule has 1 saturated carbocycles. The molecule has 1 amide bonds. The predicted molar refractivity (Wildman–Crippen MR) is 119 cm³/mol. The summed E-state index contributed by atoms with van der Waals surface area (Å²) in [6, 6.07) is 6.35. The molecule has 0 bridgehead atoms. The van der Waals surface area contributed by atoms with E-state index in [0.717, 1.165) is 24.2 Å². The van der Waals surface area contributed by atoms with E-state index in [4.69, 9.17) is 5.73 Å². The maximum atomic E-state index is 14.1. The minimum Gasteiger partial charge on any atom is -0.404 e. The highest BCUT2D eigenvalue weighted by Crippen LogP contribution is 2.33. The lowest BCUT2D eigenvalue weighted by molar-refractivity contribution is 0.0947. The third-order valence-corrected chi connectivity index (χ3v) is 5.57. The zero-order valence-electron chi connectivity index (χ0n) is 17.4. The summed E-state index contributed by atoms with van der Waals surface area (Å²) in [5.74, 6) is 0.554. The number of amides is 1. The van der Waals surface area contributed by atoms with Crippen LogP contribution in [0.3, 0.4) is 0 Å². The molecule has 4 N–H and O–H groups in total. The fourth-order valence-electron chi connectivity index (χ4n) is 4.05. The Bertz CT molecular complexity index is 1160. The maximum Gasteiger partial charge on any atom is 0.272 e. The van der Waals surface area contributed by atoms with Crippen molar-refractivity contribution in [1.82, 2.24) is 20.3 Å². The second kappa shape index (κ2) is 9.07. The van der Waals surface area contributed by atoms with Gasteiger partial charge in [0.1, 0.15) is 17.2 Å². The van der Waals surface area contributed by atoms with Crippen molar-refractivity contribution < 1.29 is 9.18 Å².